The fourth-order valence-electron chi connectivity index (χ4n) is 2.30. The van der Waals surface area contributed by atoms with Crippen molar-refractivity contribution >= 4 is 11.5 Å². The van der Waals surface area contributed by atoms with E-state index in [0.717, 1.165) is 36.7 Å². The van der Waals surface area contributed by atoms with Crippen LogP contribution in [-0.4, -0.2) is 16.3 Å². The molecule has 0 radical (unpaired) electrons. The van der Waals surface area contributed by atoms with Crippen LogP contribution in [0.2, 0.25) is 0 Å². The second kappa shape index (κ2) is 6.46. The summed E-state index contributed by atoms with van der Waals surface area (Å²) in [4.78, 5) is 0. The normalized spacial score (nSPS) is 12.3. The van der Waals surface area contributed by atoms with Crippen molar-refractivity contribution in [2.24, 2.45) is 0 Å². The Kier molecular flexibility index (Phi) is 4.66. The van der Waals surface area contributed by atoms with E-state index in [1.54, 1.807) is 0 Å². The molecule has 0 saturated carbocycles. The summed E-state index contributed by atoms with van der Waals surface area (Å²) in [6.07, 6.45) is 1.05. The Morgan fingerprint density at radius 1 is 1.30 bits per heavy atom. The Hall–Kier alpha value is -1.97. The lowest BCUT2D eigenvalue weighted by Gasteiger charge is -2.15. The number of nitrogen functional groups attached to an aromatic ring is 1. The molecule has 3 N–H and O–H groups in total. The number of anilines is 2. The lowest BCUT2D eigenvalue weighted by Crippen LogP contribution is -2.14. The highest BCUT2D eigenvalue weighted by Crippen LogP contribution is 2.24. The van der Waals surface area contributed by atoms with Gasteiger partial charge in [0, 0.05) is 13.1 Å². The van der Waals surface area contributed by atoms with Crippen molar-refractivity contribution in [2.45, 2.75) is 39.7 Å². The molecule has 1 heterocycles. The van der Waals surface area contributed by atoms with Gasteiger partial charge in [-0.1, -0.05) is 44.2 Å². The number of nitrogens with one attached hydrogen (secondary N) is 1. The summed E-state index contributed by atoms with van der Waals surface area (Å²) in [6, 6.07) is 10.5. The number of nitrogens with two attached hydrogens (primary N) is 1. The smallest absolute Gasteiger partial charge is 0.148 e. The van der Waals surface area contributed by atoms with Crippen molar-refractivity contribution in [3.05, 3.63) is 41.6 Å². The molecule has 20 heavy (non-hydrogen) atoms. The van der Waals surface area contributed by atoms with Crippen LogP contribution in [-0.2, 0) is 6.54 Å². The van der Waals surface area contributed by atoms with Crippen LogP contribution in [0.15, 0.2) is 30.3 Å². The number of hydrogen-bond acceptors (Lipinski definition) is 3. The summed E-state index contributed by atoms with van der Waals surface area (Å²) in [5, 5.41) is 7.94. The topological polar surface area (TPSA) is 55.9 Å². The lowest BCUT2D eigenvalue weighted by molar-refractivity contribution is 0.601. The molecule has 2 rings (SSSR count). The van der Waals surface area contributed by atoms with Crippen LogP contribution in [0.3, 0.4) is 0 Å². The molecule has 1 atom stereocenters. The van der Waals surface area contributed by atoms with Crippen molar-refractivity contribution in [2.75, 3.05) is 17.6 Å². The zero-order valence-corrected chi connectivity index (χ0v) is 12.6. The predicted octanol–water partition coefficient (Wildman–Crippen LogP) is 3.40. The third kappa shape index (κ3) is 3.13. The number of hydrogen-bond donors (Lipinski definition) is 2. The molecule has 1 unspecified atom stereocenters. The second-order valence-electron chi connectivity index (χ2n) is 5.26. The standard InChI is InChI=1S/C16H24N4/c1-4-10-20-16(15(17)13(3)19-20)18-11-12(2)14-8-6-5-7-9-14/h5-9,12,18H,4,10-11,17H2,1-3H3. The van der Waals surface area contributed by atoms with Gasteiger partial charge in [0.1, 0.15) is 5.82 Å². The first-order chi connectivity index (χ1) is 9.63. The summed E-state index contributed by atoms with van der Waals surface area (Å²) >= 11 is 0. The molecular weight excluding hydrogens is 248 g/mol. The SMILES string of the molecule is CCCn1nc(C)c(N)c1NCC(C)c1ccccc1. The Balaban J connectivity index is 2.07. The molecule has 4 nitrogen and oxygen atoms in total. The van der Waals surface area contributed by atoms with Crippen LogP contribution in [0, 0.1) is 6.92 Å². The van der Waals surface area contributed by atoms with Crippen molar-refractivity contribution < 1.29 is 0 Å². The van der Waals surface area contributed by atoms with E-state index >= 15 is 0 Å². The van der Waals surface area contributed by atoms with Crippen LogP contribution in [0.4, 0.5) is 11.5 Å². The molecule has 0 aliphatic rings. The maximum absolute atomic E-state index is 6.11. The van der Waals surface area contributed by atoms with Gasteiger partial charge in [0.2, 0.25) is 0 Å². The summed E-state index contributed by atoms with van der Waals surface area (Å²) in [7, 11) is 0. The molecule has 0 fully saturated rings. The van der Waals surface area contributed by atoms with Gasteiger partial charge in [-0.3, -0.25) is 0 Å². The van der Waals surface area contributed by atoms with E-state index in [1.165, 1.54) is 5.56 Å². The van der Waals surface area contributed by atoms with Gasteiger partial charge in [-0.25, -0.2) is 4.68 Å². The highest BCUT2D eigenvalue weighted by molar-refractivity contribution is 5.64. The molecule has 0 bridgehead atoms. The minimum absolute atomic E-state index is 0.431. The largest absolute Gasteiger partial charge is 0.394 e. The molecule has 1 aromatic carbocycles. The van der Waals surface area contributed by atoms with Crippen molar-refractivity contribution in [1.29, 1.82) is 0 Å². The van der Waals surface area contributed by atoms with Crippen LogP contribution in [0.25, 0.3) is 0 Å². The predicted molar refractivity (Wildman–Crippen MR) is 85.0 cm³/mol. The van der Waals surface area contributed by atoms with E-state index in [9.17, 15) is 0 Å². The first-order valence-electron chi connectivity index (χ1n) is 7.25. The van der Waals surface area contributed by atoms with Crippen LogP contribution >= 0.6 is 0 Å². The second-order valence-corrected chi connectivity index (χ2v) is 5.26. The van der Waals surface area contributed by atoms with Gasteiger partial charge < -0.3 is 11.1 Å². The van der Waals surface area contributed by atoms with E-state index in [1.807, 2.05) is 17.7 Å². The zero-order chi connectivity index (χ0) is 14.5. The van der Waals surface area contributed by atoms with Crippen LogP contribution in [0.1, 0.15) is 37.4 Å². The monoisotopic (exact) mass is 272 g/mol. The highest BCUT2D eigenvalue weighted by Gasteiger charge is 2.13. The summed E-state index contributed by atoms with van der Waals surface area (Å²) in [5.74, 6) is 1.38. The van der Waals surface area contributed by atoms with E-state index in [4.69, 9.17) is 5.73 Å². The molecule has 0 aliphatic carbocycles. The fourth-order valence-corrected chi connectivity index (χ4v) is 2.30. The van der Waals surface area contributed by atoms with Crippen LogP contribution < -0.4 is 11.1 Å². The fraction of sp³-hybridized carbons (Fsp3) is 0.438. The summed E-state index contributed by atoms with van der Waals surface area (Å²) < 4.78 is 1.97. The number of aromatic nitrogens is 2. The molecule has 0 amide bonds. The van der Waals surface area contributed by atoms with Crippen molar-refractivity contribution in [1.82, 2.24) is 9.78 Å². The minimum Gasteiger partial charge on any atom is -0.394 e. The first kappa shape index (κ1) is 14.4. The molecule has 108 valence electrons. The number of nitrogens with zero attached hydrogens (tertiary/aromatic N) is 2. The third-order valence-electron chi connectivity index (χ3n) is 3.55. The number of rotatable bonds is 6. The molecule has 2 aromatic rings. The Labute approximate surface area is 121 Å². The molecule has 0 saturated heterocycles. The van der Waals surface area contributed by atoms with Gasteiger partial charge >= 0.3 is 0 Å². The van der Waals surface area contributed by atoms with Crippen molar-refractivity contribution in [3.8, 4) is 0 Å². The third-order valence-corrected chi connectivity index (χ3v) is 3.55. The van der Waals surface area contributed by atoms with Gasteiger partial charge in [0.25, 0.3) is 0 Å². The van der Waals surface area contributed by atoms with Gasteiger partial charge in [-0.05, 0) is 24.8 Å². The van der Waals surface area contributed by atoms with Gasteiger partial charge in [0.05, 0.1) is 11.4 Å². The number of aryl methyl sites for hydroxylation is 2. The maximum atomic E-state index is 6.11. The number of benzene rings is 1. The molecular formula is C16H24N4. The molecule has 1 aromatic heterocycles. The quantitative estimate of drug-likeness (QED) is 0.847. The average Bonchev–Trinajstić information content (AvgIpc) is 2.73. The van der Waals surface area contributed by atoms with Gasteiger partial charge in [0.15, 0.2) is 0 Å². The molecule has 0 spiro atoms. The molecule has 0 aliphatic heterocycles. The van der Waals surface area contributed by atoms with E-state index in [-0.39, 0.29) is 0 Å². The zero-order valence-electron chi connectivity index (χ0n) is 12.6. The summed E-state index contributed by atoms with van der Waals surface area (Å²) in [5.41, 5.74) is 9.10. The Morgan fingerprint density at radius 2 is 2.00 bits per heavy atom. The lowest BCUT2D eigenvalue weighted by atomic mass is 10.0. The van der Waals surface area contributed by atoms with Crippen molar-refractivity contribution in [3.63, 3.8) is 0 Å². The minimum atomic E-state index is 0.431. The maximum Gasteiger partial charge on any atom is 0.148 e. The average molecular weight is 272 g/mol. The highest BCUT2D eigenvalue weighted by atomic mass is 15.3. The van der Waals surface area contributed by atoms with Gasteiger partial charge in [-0.15, -0.1) is 0 Å². The molecule has 4 heteroatoms. The summed E-state index contributed by atoms with van der Waals surface area (Å²) in [6.45, 7) is 8.05. The Morgan fingerprint density at radius 3 is 2.65 bits per heavy atom. The van der Waals surface area contributed by atoms with E-state index < -0.39 is 0 Å². The Bertz CT molecular complexity index is 545. The van der Waals surface area contributed by atoms with E-state index in [2.05, 4.69) is 48.5 Å². The van der Waals surface area contributed by atoms with Gasteiger partial charge in [-0.2, -0.15) is 5.10 Å². The first-order valence-corrected chi connectivity index (χ1v) is 7.25. The van der Waals surface area contributed by atoms with E-state index in [0.29, 0.717) is 5.92 Å². The van der Waals surface area contributed by atoms with Crippen LogP contribution in [0.5, 0.6) is 0 Å².